The predicted molar refractivity (Wildman–Crippen MR) is 86.8 cm³/mol. The molecule has 1 amide bonds. The molecule has 0 fully saturated rings. The van der Waals surface area contributed by atoms with Gasteiger partial charge in [0.25, 0.3) is 5.91 Å². The van der Waals surface area contributed by atoms with Crippen LogP contribution >= 0.6 is 0 Å². The second-order valence-electron chi connectivity index (χ2n) is 7.09. The maximum atomic E-state index is 12.6. The predicted octanol–water partition coefficient (Wildman–Crippen LogP) is 2.01. The van der Waals surface area contributed by atoms with Crippen molar-refractivity contribution in [3.8, 4) is 0 Å². The first-order valence-corrected chi connectivity index (χ1v) is 8.83. The summed E-state index contributed by atoms with van der Waals surface area (Å²) in [6, 6.07) is 0.0782. The number of aryl methyl sites for hydroxylation is 2. The van der Waals surface area contributed by atoms with Gasteiger partial charge in [-0.2, -0.15) is 0 Å². The summed E-state index contributed by atoms with van der Waals surface area (Å²) in [4.78, 5) is 12.6. The van der Waals surface area contributed by atoms with Crippen molar-refractivity contribution in [2.75, 3.05) is 0 Å². The van der Waals surface area contributed by atoms with E-state index in [2.05, 4.69) is 39.1 Å². The molecule has 2 aliphatic rings. The Morgan fingerprint density at radius 2 is 2.08 bits per heavy atom. The van der Waals surface area contributed by atoms with E-state index < -0.39 is 0 Å². The lowest BCUT2D eigenvalue weighted by atomic mass is 9.96. The van der Waals surface area contributed by atoms with Crippen LogP contribution in [0.25, 0.3) is 0 Å². The first kappa shape index (κ1) is 15.4. The molecule has 0 spiro atoms. The van der Waals surface area contributed by atoms with Gasteiger partial charge < -0.3 is 14.4 Å². The number of hydrogen-bond donors (Lipinski definition) is 1. The quantitative estimate of drug-likeness (QED) is 0.931. The molecule has 0 saturated heterocycles. The van der Waals surface area contributed by atoms with Gasteiger partial charge in [0.2, 0.25) is 0 Å². The van der Waals surface area contributed by atoms with Gasteiger partial charge in [-0.25, -0.2) is 0 Å². The molecule has 0 bridgehead atoms. The van der Waals surface area contributed by atoms with Gasteiger partial charge in [-0.15, -0.1) is 10.2 Å². The Bertz CT molecular complexity index is 761. The number of aromatic nitrogens is 4. The SMILES string of the molecule is CC(C)c1nnc2n1CC(NC(=O)c1noc3c1CCCC3)CC2. The van der Waals surface area contributed by atoms with Crippen LogP contribution in [0.1, 0.15) is 72.5 Å². The molecule has 1 unspecified atom stereocenters. The summed E-state index contributed by atoms with van der Waals surface area (Å²) in [7, 11) is 0. The number of hydrogen-bond acceptors (Lipinski definition) is 5. The van der Waals surface area contributed by atoms with Crippen molar-refractivity contribution < 1.29 is 9.32 Å². The van der Waals surface area contributed by atoms with Gasteiger partial charge in [-0.05, 0) is 25.7 Å². The van der Waals surface area contributed by atoms with E-state index in [1.54, 1.807) is 0 Å². The van der Waals surface area contributed by atoms with Crippen molar-refractivity contribution in [2.24, 2.45) is 0 Å². The molecule has 1 aliphatic carbocycles. The molecule has 2 aromatic rings. The largest absolute Gasteiger partial charge is 0.360 e. The number of nitrogens with one attached hydrogen (secondary N) is 1. The highest BCUT2D eigenvalue weighted by atomic mass is 16.5. The van der Waals surface area contributed by atoms with Crippen LogP contribution in [0.4, 0.5) is 0 Å². The summed E-state index contributed by atoms with van der Waals surface area (Å²) in [5.74, 6) is 3.10. The highest BCUT2D eigenvalue weighted by Gasteiger charge is 2.28. The summed E-state index contributed by atoms with van der Waals surface area (Å²) in [5, 5.41) is 15.7. The number of amides is 1. The number of rotatable bonds is 3. The van der Waals surface area contributed by atoms with Gasteiger partial charge in [0, 0.05) is 36.9 Å². The Kier molecular flexibility index (Phi) is 3.86. The second kappa shape index (κ2) is 6.03. The van der Waals surface area contributed by atoms with Crippen LogP contribution in [-0.2, 0) is 25.8 Å². The molecule has 3 heterocycles. The molecule has 0 aromatic carbocycles. The van der Waals surface area contributed by atoms with Crippen LogP contribution in [0.2, 0.25) is 0 Å². The lowest BCUT2D eigenvalue weighted by Crippen LogP contribution is -2.41. The van der Waals surface area contributed by atoms with Gasteiger partial charge in [-0.3, -0.25) is 4.79 Å². The number of carbonyl (C=O) groups excluding carboxylic acids is 1. The Balaban J connectivity index is 1.49. The fourth-order valence-electron chi connectivity index (χ4n) is 3.71. The van der Waals surface area contributed by atoms with E-state index in [0.717, 1.165) is 68.0 Å². The third-order valence-corrected chi connectivity index (χ3v) is 4.99. The molecule has 1 atom stereocenters. The highest BCUT2D eigenvalue weighted by molar-refractivity contribution is 5.94. The van der Waals surface area contributed by atoms with E-state index >= 15 is 0 Å². The van der Waals surface area contributed by atoms with Crippen molar-refractivity contribution >= 4 is 5.91 Å². The van der Waals surface area contributed by atoms with Crippen molar-refractivity contribution in [3.63, 3.8) is 0 Å². The molecule has 4 rings (SSSR count). The smallest absolute Gasteiger partial charge is 0.274 e. The first-order chi connectivity index (χ1) is 11.6. The zero-order valence-corrected chi connectivity index (χ0v) is 14.2. The molecule has 128 valence electrons. The van der Waals surface area contributed by atoms with Gasteiger partial charge in [0.15, 0.2) is 5.69 Å². The topological polar surface area (TPSA) is 85.8 Å². The second-order valence-corrected chi connectivity index (χ2v) is 7.09. The van der Waals surface area contributed by atoms with Gasteiger partial charge in [-0.1, -0.05) is 19.0 Å². The van der Waals surface area contributed by atoms with E-state index in [9.17, 15) is 4.79 Å². The standard InChI is InChI=1S/C17H23N5O2/c1-10(2)16-20-19-14-8-7-11(9-22(14)16)18-17(23)15-12-5-3-4-6-13(12)24-21-15/h10-11H,3-9H2,1-2H3,(H,18,23). The molecule has 2 aromatic heterocycles. The third kappa shape index (κ3) is 2.61. The zero-order valence-electron chi connectivity index (χ0n) is 14.2. The van der Waals surface area contributed by atoms with E-state index in [0.29, 0.717) is 11.6 Å². The van der Waals surface area contributed by atoms with E-state index in [4.69, 9.17) is 4.52 Å². The fraction of sp³-hybridized carbons (Fsp3) is 0.647. The number of carbonyl (C=O) groups is 1. The lowest BCUT2D eigenvalue weighted by Gasteiger charge is -2.25. The van der Waals surface area contributed by atoms with Crippen molar-refractivity contribution in [2.45, 2.75) is 70.9 Å². The van der Waals surface area contributed by atoms with Gasteiger partial charge in [0.05, 0.1) is 0 Å². The summed E-state index contributed by atoms with van der Waals surface area (Å²) >= 11 is 0. The monoisotopic (exact) mass is 329 g/mol. The molecule has 0 saturated carbocycles. The van der Waals surface area contributed by atoms with Crippen LogP contribution in [-0.4, -0.2) is 31.9 Å². The average Bonchev–Trinajstić information content (AvgIpc) is 3.18. The van der Waals surface area contributed by atoms with Crippen molar-refractivity contribution in [1.82, 2.24) is 25.2 Å². The molecule has 7 heteroatoms. The molecule has 1 aliphatic heterocycles. The van der Waals surface area contributed by atoms with E-state index in [-0.39, 0.29) is 11.9 Å². The van der Waals surface area contributed by atoms with E-state index in [1.165, 1.54) is 0 Å². The molecule has 0 radical (unpaired) electrons. The molecular weight excluding hydrogens is 306 g/mol. The highest BCUT2D eigenvalue weighted by Crippen LogP contribution is 2.25. The van der Waals surface area contributed by atoms with E-state index in [1.807, 2.05) is 0 Å². The molecular formula is C17H23N5O2. The molecule has 1 N–H and O–H groups in total. The Hall–Kier alpha value is -2.18. The van der Waals surface area contributed by atoms with Crippen LogP contribution in [0.3, 0.4) is 0 Å². The maximum Gasteiger partial charge on any atom is 0.274 e. The van der Waals surface area contributed by atoms with Crippen LogP contribution < -0.4 is 5.32 Å². The minimum atomic E-state index is -0.116. The zero-order chi connectivity index (χ0) is 16.7. The van der Waals surface area contributed by atoms with Crippen LogP contribution in [0.15, 0.2) is 4.52 Å². The number of nitrogens with zero attached hydrogens (tertiary/aromatic N) is 4. The fourth-order valence-corrected chi connectivity index (χ4v) is 3.71. The summed E-state index contributed by atoms with van der Waals surface area (Å²) < 4.78 is 7.51. The number of fused-ring (bicyclic) bond motifs is 2. The van der Waals surface area contributed by atoms with Gasteiger partial charge in [0.1, 0.15) is 17.4 Å². The average molecular weight is 329 g/mol. The van der Waals surface area contributed by atoms with Crippen LogP contribution in [0, 0.1) is 0 Å². The third-order valence-electron chi connectivity index (χ3n) is 4.99. The minimum Gasteiger partial charge on any atom is -0.360 e. The molecule has 7 nitrogen and oxygen atoms in total. The summed E-state index contributed by atoms with van der Waals surface area (Å²) in [6.45, 7) is 4.95. The Morgan fingerprint density at radius 1 is 1.25 bits per heavy atom. The Labute approximate surface area is 140 Å². The van der Waals surface area contributed by atoms with Gasteiger partial charge >= 0.3 is 0 Å². The van der Waals surface area contributed by atoms with Crippen LogP contribution in [0.5, 0.6) is 0 Å². The Morgan fingerprint density at radius 3 is 2.92 bits per heavy atom. The normalized spacial score (nSPS) is 19.9. The summed E-state index contributed by atoms with van der Waals surface area (Å²) in [5.41, 5.74) is 1.48. The minimum absolute atomic E-state index is 0.0782. The van der Waals surface area contributed by atoms with Crippen molar-refractivity contribution in [3.05, 3.63) is 28.7 Å². The maximum absolute atomic E-state index is 12.6. The lowest BCUT2D eigenvalue weighted by molar-refractivity contribution is 0.0917. The van der Waals surface area contributed by atoms with Crippen molar-refractivity contribution in [1.29, 1.82) is 0 Å². The first-order valence-electron chi connectivity index (χ1n) is 8.83. The molecule has 24 heavy (non-hydrogen) atoms. The summed E-state index contributed by atoms with van der Waals surface area (Å²) in [6.07, 6.45) is 5.70.